The van der Waals surface area contributed by atoms with E-state index in [1.165, 1.54) is 34.3 Å². The van der Waals surface area contributed by atoms with E-state index in [2.05, 4.69) is 40.2 Å². The van der Waals surface area contributed by atoms with E-state index in [0.29, 0.717) is 18.2 Å². The molecule has 0 spiro atoms. The summed E-state index contributed by atoms with van der Waals surface area (Å²) in [4.78, 5) is 26.7. The molecule has 0 saturated carbocycles. The Morgan fingerprint density at radius 3 is 2.72 bits per heavy atom. The highest BCUT2D eigenvalue weighted by Gasteiger charge is 2.39. The van der Waals surface area contributed by atoms with Crippen LogP contribution in [0.5, 0.6) is 0 Å². The number of amides is 3. The van der Waals surface area contributed by atoms with Crippen LogP contribution in [0.15, 0.2) is 54.6 Å². The summed E-state index contributed by atoms with van der Waals surface area (Å²) < 4.78 is 0. The van der Waals surface area contributed by atoms with Crippen molar-refractivity contribution < 1.29 is 9.59 Å². The zero-order valence-electron chi connectivity index (χ0n) is 16.3. The van der Waals surface area contributed by atoms with Crippen LogP contribution in [0.3, 0.4) is 0 Å². The van der Waals surface area contributed by atoms with Gasteiger partial charge in [-0.1, -0.05) is 36.4 Å². The van der Waals surface area contributed by atoms with E-state index in [4.69, 9.17) is 0 Å². The molecule has 29 heavy (non-hydrogen) atoms. The molecule has 1 unspecified atom stereocenters. The molecule has 6 nitrogen and oxygen atoms in total. The number of carbonyl (C=O) groups is 2. The molecule has 3 amide bonds. The monoisotopic (exact) mass is 388 g/mol. The fourth-order valence-corrected chi connectivity index (χ4v) is 4.73. The van der Waals surface area contributed by atoms with Crippen LogP contribution in [-0.2, 0) is 4.79 Å². The SMILES string of the molecule is CN(C(=O)Nc1ccccc1)C(=O)[C@@H]1C=C2c3cccc4c3C(CN4)C[C@H]2NC1. The number of hydrogen-bond donors (Lipinski definition) is 3. The maximum absolute atomic E-state index is 13.0. The van der Waals surface area contributed by atoms with Gasteiger partial charge in [0, 0.05) is 43.5 Å². The predicted molar refractivity (Wildman–Crippen MR) is 114 cm³/mol. The normalized spacial score (nSPS) is 23.9. The molecule has 2 aliphatic heterocycles. The third-order valence-corrected chi connectivity index (χ3v) is 6.20. The van der Waals surface area contributed by atoms with Crippen molar-refractivity contribution in [2.75, 3.05) is 30.8 Å². The van der Waals surface area contributed by atoms with Crippen LogP contribution in [0.2, 0.25) is 0 Å². The van der Waals surface area contributed by atoms with Gasteiger partial charge in [0.25, 0.3) is 0 Å². The Morgan fingerprint density at radius 2 is 1.90 bits per heavy atom. The Kier molecular flexibility index (Phi) is 4.36. The summed E-state index contributed by atoms with van der Waals surface area (Å²) in [5.41, 5.74) is 5.67. The molecule has 5 rings (SSSR count). The van der Waals surface area contributed by atoms with Gasteiger partial charge in [0.2, 0.25) is 5.91 Å². The second kappa shape index (κ2) is 7.04. The van der Waals surface area contributed by atoms with Gasteiger partial charge in [-0.05, 0) is 41.3 Å². The predicted octanol–water partition coefficient (Wildman–Crippen LogP) is 3.26. The van der Waals surface area contributed by atoms with E-state index >= 15 is 0 Å². The average molecular weight is 388 g/mol. The largest absolute Gasteiger partial charge is 0.384 e. The number of fused-ring (bicyclic) bond motifs is 2. The second-order valence-electron chi connectivity index (χ2n) is 7.96. The maximum atomic E-state index is 13.0. The Bertz CT molecular complexity index is 1000. The van der Waals surface area contributed by atoms with Gasteiger partial charge >= 0.3 is 6.03 Å². The number of anilines is 2. The first-order valence-corrected chi connectivity index (χ1v) is 10.1. The number of imide groups is 1. The standard InChI is InChI=1S/C23H24N4O2/c1-27(23(29)26-16-6-3-2-4-7-16)22(28)15-10-18-17-8-5-9-19-21(17)14(12-24-19)11-20(18)25-13-15/h2-10,14-15,20,24-25H,11-13H2,1H3,(H,26,29)/t14?,15-,20-/m1/s1. The molecule has 0 fully saturated rings. The Morgan fingerprint density at radius 1 is 1.07 bits per heavy atom. The van der Waals surface area contributed by atoms with Gasteiger partial charge in [0.1, 0.15) is 0 Å². The first-order valence-electron chi connectivity index (χ1n) is 10.1. The lowest BCUT2D eigenvalue weighted by molar-refractivity contribution is -0.129. The molecule has 1 aliphatic carbocycles. The summed E-state index contributed by atoms with van der Waals surface area (Å²) in [7, 11) is 1.53. The molecule has 0 aromatic heterocycles. The summed E-state index contributed by atoms with van der Waals surface area (Å²) in [6, 6.07) is 15.3. The van der Waals surface area contributed by atoms with Crippen molar-refractivity contribution in [2.24, 2.45) is 5.92 Å². The van der Waals surface area contributed by atoms with Crippen LogP contribution in [0.4, 0.5) is 16.2 Å². The second-order valence-corrected chi connectivity index (χ2v) is 7.96. The molecular formula is C23H24N4O2. The molecule has 2 aromatic carbocycles. The Balaban J connectivity index is 1.38. The summed E-state index contributed by atoms with van der Waals surface area (Å²) in [6.07, 6.45) is 3.11. The molecule has 3 N–H and O–H groups in total. The van der Waals surface area contributed by atoms with Gasteiger partial charge < -0.3 is 16.0 Å². The number of nitrogens with one attached hydrogen (secondary N) is 3. The van der Waals surface area contributed by atoms with E-state index in [0.717, 1.165) is 13.0 Å². The lowest BCUT2D eigenvalue weighted by Gasteiger charge is -2.37. The summed E-state index contributed by atoms with van der Waals surface area (Å²) >= 11 is 0. The molecular weight excluding hydrogens is 364 g/mol. The van der Waals surface area contributed by atoms with Gasteiger partial charge in [-0.3, -0.25) is 9.69 Å². The Labute approximate surface area is 170 Å². The van der Waals surface area contributed by atoms with E-state index in [1.807, 2.05) is 18.2 Å². The van der Waals surface area contributed by atoms with Crippen molar-refractivity contribution in [1.29, 1.82) is 0 Å². The van der Waals surface area contributed by atoms with Gasteiger partial charge in [-0.2, -0.15) is 0 Å². The van der Waals surface area contributed by atoms with Crippen LogP contribution >= 0.6 is 0 Å². The fourth-order valence-electron chi connectivity index (χ4n) is 4.73. The zero-order chi connectivity index (χ0) is 20.0. The van der Waals surface area contributed by atoms with E-state index < -0.39 is 6.03 Å². The third kappa shape index (κ3) is 3.09. The smallest absolute Gasteiger partial charge is 0.328 e. The quantitative estimate of drug-likeness (QED) is 0.738. The van der Waals surface area contributed by atoms with Gasteiger partial charge in [-0.15, -0.1) is 0 Å². The highest BCUT2D eigenvalue weighted by Crippen LogP contribution is 2.46. The minimum atomic E-state index is -0.421. The highest BCUT2D eigenvalue weighted by molar-refractivity contribution is 6.02. The molecule has 0 saturated heterocycles. The average Bonchev–Trinajstić information content (AvgIpc) is 3.17. The van der Waals surface area contributed by atoms with E-state index in [1.54, 1.807) is 12.1 Å². The van der Waals surface area contributed by atoms with Crippen LogP contribution in [0.1, 0.15) is 23.5 Å². The number of benzene rings is 2. The summed E-state index contributed by atoms with van der Waals surface area (Å²) in [5.74, 6) is -0.0540. The van der Waals surface area contributed by atoms with Crippen molar-refractivity contribution in [3.05, 3.63) is 65.7 Å². The van der Waals surface area contributed by atoms with E-state index in [-0.39, 0.29) is 17.9 Å². The van der Waals surface area contributed by atoms with Crippen molar-refractivity contribution >= 4 is 28.9 Å². The lowest BCUT2D eigenvalue weighted by Crippen LogP contribution is -2.48. The summed E-state index contributed by atoms with van der Waals surface area (Å²) in [5, 5.41) is 9.82. The fraction of sp³-hybridized carbons (Fsp3) is 0.304. The topological polar surface area (TPSA) is 73.5 Å². The van der Waals surface area contributed by atoms with Crippen LogP contribution < -0.4 is 16.0 Å². The zero-order valence-corrected chi connectivity index (χ0v) is 16.3. The maximum Gasteiger partial charge on any atom is 0.328 e. The minimum Gasteiger partial charge on any atom is -0.384 e. The first-order chi connectivity index (χ1) is 14.1. The van der Waals surface area contributed by atoms with Gasteiger partial charge in [-0.25, -0.2) is 4.79 Å². The van der Waals surface area contributed by atoms with Crippen molar-refractivity contribution in [2.45, 2.75) is 18.4 Å². The van der Waals surface area contributed by atoms with Crippen molar-refractivity contribution in [3.63, 3.8) is 0 Å². The molecule has 2 heterocycles. The molecule has 3 aliphatic rings. The molecule has 0 bridgehead atoms. The highest BCUT2D eigenvalue weighted by atomic mass is 16.2. The first kappa shape index (κ1) is 17.9. The molecule has 6 heteroatoms. The van der Waals surface area contributed by atoms with Crippen molar-refractivity contribution in [3.8, 4) is 0 Å². The van der Waals surface area contributed by atoms with Crippen LogP contribution in [-0.4, -0.2) is 43.0 Å². The number of nitrogens with zero attached hydrogens (tertiary/aromatic N) is 1. The van der Waals surface area contributed by atoms with E-state index in [9.17, 15) is 9.59 Å². The van der Waals surface area contributed by atoms with Gasteiger partial charge in [0.15, 0.2) is 0 Å². The molecule has 2 aromatic rings. The minimum absolute atomic E-state index is 0.204. The molecule has 148 valence electrons. The third-order valence-electron chi connectivity index (χ3n) is 6.20. The van der Waals surface area contributed by atoms with Crippen LogP contribution in [0.25, 0.3) is 5.57 Å². The number of hydrogen-bond acceptors (Lipinski definition) is 4. The number of rotatable bonds is 2. The number of carbonyl (C=O) groups excluding carboxylic acids is 2. The van der Waals surface area contributed by atoms with Crippen LogP contribution in [0, 0.1) is 5.92 Å². The Hall–Kier alpha value is -3.12. The number of urea groups is 1. The molecule has 0 radical (unpaired) electrons. The van der Waals surface area contributed by atoms with Crippen molar-refractivity contribution in [1.82, 2.24) is 10.2 Å². The molecule has 3 atom stereocenters. The summed E-state index contributed by atoms with van der Waals surface area (Å²) in [6.45, 7) is 1.52. The lowest BCUT2D eigenvalue weighted by atomic mass is 9.75. The number of para-hydroxylation sites is 1. The van der Waals surface area contributed by atoms with Gasteiger partial charge in [0.05, 0.1) is 5.92 Å².